The number of carbonyl (C=O) groups is 1. The highest BCUT2D eigenvalue weighted by Gasteiger charge is 2.38. The molecular weight excluding hydrogens is 475 g/mol. The van der Waals surface area contributed by atoms with Crippen molar-refractivity contribution in [3.05, 3.63) is 47.3 Å². The van der Waals surface area contributed by atoms with Gasteiger partial charge in [-0.05, 0) is 30.9 Å². The van der Waals surface area contributed by atoms with Crippen LogP contribution in [0.4, 0.5) is 33.6 Å². The van der Waals surface area contributed by atoms with Crippen LogP contribution in [-0.4, -0.2) is 66.9 Å². The van der Waals surface area contributed by atoms with E-state index in [4.69, 9.17) is 19.6 Å². The number of carboxylic acids is 1. The van der Waals surface area contributed by atoms with Crippen LogP contribution in [0.2, 0.25) is 0 Å². The minimum Gasteiger partial charge on any atom is -0.475 e. The molecule has 1 N–H and O–H groups in total. The zero-order valence-corrected chi connectivity index (χ0v) is 19.3. The third-order valence-corrected chi connectivity index (χ3v) is 5.63. The Morgan fingerprint density at radius 2 is 1.91 bits per heavy atom. The van der Waals surface area contributed by atoms with Crippen LogP contribution in [0.15, 0.2) is 30.3 Å². The van der Waals surface area contributed by atoms with Crippen LogP contribution in [-0.2, 0) is 9.53 Å². The second kappa shape index (κ2) is 11.1. The highest BCUT2D eigenvalue weighted by Crippen LogP contribution is 2.40. The average molecular weight is 502 g/mol. The summed E-state index contributed by atoms with van der Waals surface area (Å²) in [5.41, 5.74) is 2.38. The normalized spacial score (nSPS) is 18.2. The van der Waals surface area contributed by atoms with Crippen molar-refractivity contribution in [3.63, 3.8) is 0 Å². The summed E-state index contributed by atoms with van der Waals surface area (Å²) in [6.45, 7) is 3.76. The molecule has 1 saturated heterocycles. The van der Waals surface area contributed by atoms with Crippen LogP contribution in [0.3, 0.4) is 0 Å². The van der Waals surface area contributed by atoms with Crippen LogP contribution in [0.25, 0.3) is 0 Å². The number of benzene rings is 1. The van der Waals surface area contributed by atoms with Crippen molar-refractivity contribution in [2.45, 2.75) is 44.4 Å². The fraction of sp³-hybridized carbons (Fsp3) is 0.522. The molecular formula is C23H27F5N4O3. The van der Waals surface area contributed by atoms with E-state index in [1.807, 2.05) is 18.2 Å². The molecule has 0 radical (unpaired) electrons. The Balaban J connectivity index is 0.000000429. The highest BCUT2D eigenvalue weighted by atomic mass is 19.4. The molecule has 192 valence electrons. The summed E-state index contributed by atoms with van der Waals surface area (Å²) in [6.07, 6.45) is -5.38. The zero-order valence-electron chi connectivity index (χ0n) is 19.3. The molecule has 1 unspecified atom stereocenters. The molecule has 0 bridgehead atoms. The number of morpholine rings is 1. The van der Waals surface area contributed by atoms with Gasteiger partial charge < -0.3 is 19.6 Å². The van der Waals surface area contributed by atoms with Gasteiger partial charge >= 0.3 is 12.1 Å². The second-order valence-electron chi connectivity index (χ2n) is 8.45. The molecule has 4 rings (SSSR count). The number of alkyl halides is 5. The number of carboxylic acid groups (broad SMARTS) is 1. The second-order valence-corrected chi connectivity index (χ2v) is 8.45. The van der Waals surface area contributed by atoms with Crippen molar-refractivity contribution < 1.29 is 36.6 Å². The highest BCUT2D eigenvalue weighted by molar-refractivity contribution is 5.73. The lowest BCUT2D eigenvalue weighted by Crippen LogP contribution is -2.39. The minimum absolute atomic E-state index is 0.0310. The smallest absolute Gasteiger partial charge is 0.475 e. The Bertz CT molecular complexity index is 1020. The predicted molar refractivity (Wildman–Crippen MR) is 119 cm³/mol. The Labute approximate surface area is 199 Å². The van der Waals surface area contributed by atoms with E-state index in [1.165, 1.54) is 16.0 Å². The fourth-order valence-electron chi connectivity index (χ4n) is 3.62. The summed E-state index contributed by atoms with van der Waals surface area (Å²) in [4.78, 5) is 21.9. The quantitative estimate of drug-likeness (QED) is 0.580. The standard InChI is InChI=1S/C21H26F2N4O.C2HF3O2/c1-14-5-3-4-6-16(14)17-12-27(9-10-28-17)20-11-19(26(2)13-18(22)23)24-21(25-20)15-7-8-15;3-2(4,5)1(6)7/h3-6,11,15,17-18H,7-10,12-13H2,1-2H3;(H,6,7). The monoisotopic (exact) mass is 502 g/mol. The van der Waals surface area contributed by atoms with Crippen molar-refractivity contribution in [1.29, 1.82) is 0 Å². The first-order valence-electron chi connectivity index (χ1n) is 11.1. The van der Waals surface area contributed by atoms with E-state index in [0.717, 1.165) is 31.0 Å². The lowest BCUT2D eigenvalue weighted by molar-refractivity contribution is -0.192. The maximum absolute atomic E-state index is 12.9. The lowest BCUT2D eigenvalue weighted by atomic mass is 10.0. The van der Waals surface area contributed by atoms with Crippen molar-refractivity contribution in [2.24, 2.45) is 0 Å². The first-order valence-corrected chi connectivity index (χ1v) is 11.1. The third kappa shape index (κ3) is 7.48. The number of nitrogens with zero attached hydrogens (tertiary/aromatic N) is 4. The maximum Gasteiger partial charge on any atom is 0.490 e. The van der Waals surface area contributed by atoms with Gasteiger partial charge in [-0.2, -0.15) is 13.2 Å². The van der Waals surface area contributed by atoms with Gasteiger partial charge in [-0.15, -0.1) is 0 Å². The first kappa shape index (κ1) is 26.6. The average Bonchev–Trinajstić information content (AvgIpc) is 3.64. The van der Waals surface area contributed by atoms with Gasteiger partial charge in [-0.25, -0.2) is 23.5 Å². The molecule has 1 atom stereocenters. The summed E-state index contributed by atoms with van der Waals surface area (Å²) in [6, 6.07) is 10.1. The first-order chi connectivity index (χ1) is 16.5. The van der Waals surface area contributed by atoms with E-state index in [9.17, 15) is 22.0 Å². The molecule has 1 aliphatic carbocycles. The molecule has 0 spiro atoms. The number of aryl methyl sites for hydroxylation is 1. The van der Waals surface area contributed by atoms with E-state index < -0.39 is 18.6 Å². The summed E-state index contributed by atoms with van der Waals surface area (Å²) in [5.74, 6) is -0.270. The van der Waals surface area contributed by atoms with Gasteiger partial charge in [0.05, 0.1) is 13.2 Å². The van der Waals surface area contributed by atoms with Gasteiger partial charge in [0.15, 0.2) is 0 Å². The van der Waals surface area contributed by atoms with Gasteiger partial charge in [0.25, 0.3) is 6.43 Å². The molecule has 2 heterocycles. The number of halogens is 5. The van der Waals surface area contributed by atoms with Gasteiger partial charge in [0, 0.05) is 32.1 Å². The Kier molecular flexibility index (Phi) is 8.47. The summed E-state index contributed by atoms with van der Waals surface area (Å²) in [5, 5.41) is 7.12. The molecule has 12 heteroatoms. The number of aliphatic carboxylic acids is 1. The predicted octanol–water partition coefficient (Wildman–Crippen LogP) is 4.57. The molecule has 0 amide bonds. The summed E-state index contributed by atoms with van der Waals surface area (Å²) >= 11 is 0. The molecule has 2 aliphatic rings. The topological polar surface area (TPSA) is 78.8 Å². The number of anilines is 2. The van der Waals surface area contributed by atoms with Crippen molar-refractivity contribution in [1.82, 2.24) is 9.97 Å². The van der Waals surface area contributed by atoms with Gasteiger partial charge in [-0.3, -0.25) is 0 Å². The molecule has 2 aromatic rings. The third-order valence-electron chi connectivity index (χ3n) is 5.63. The molecule has 1 aromatic heterocycles. The molecule has 2 fully saturated rings. The van der Waals surface area contributed by atoms with Gasteiger partial charge in [-0.1, -0.05) is 24.3 Å². The largest absolute Gasteiger partial charge is 0.490 e. The van der Waals surface area contributed by atoms with Crippen molar-refractivity contribution in [3.8, 4) is 0 Å². The Hall–Kier alpha value is -3.02. The SMILES string of the molecule is Cc1ccccc1C1CN(c2cc(N(C)CC(F)F)nc(C3CC3)n2)CCO1.O=C(O)C(F)(F)F. The van der Waals surface area contributed by atoms with Crippen molar-refractivity contribution in [2.75, 3.05) is 43.1 Å². The van der Waals surface area contributed by atoms with E-state index in [0.29, 0.717) is 24.9 Å². The number of aromatic nitrogens is 2. The number of hydrogen-bond donors (Lipinski definition) is 1. The lowest BCUT2D eigenvalue weighted by Gasteiger charge is -2.35. The molecule has 35 heavy (non-hydrogen) atoms. The molecule has 7 nitrogen and oxygen atoms in total. The number of hydrogen-bond acceptors (Lipinski definition) is 6. The fourth-order valence-corrected chi connectivity index (χ4v) is 3.62. The zero-order chi connectivity index (χ0) is 25.8. The van der Waals surface area contributed by atoms with E-state index in [2.05, 4.69) is 28.9 Å². The summed E-state index contributed by atoms with van der Waals surface area (Å²) in [7, 11) is 1.66. The maximum atomic E-state index is 12.9. The van der Waals surface area contributed by atoms with Gasteiger partial charge in [0.2, 0.25) is 0 Å². The Morgan fingerprint density at radius 3 is 2.49 bits per heavy atom. The van der Waals surface area contributed by atoms with Crippen LogP contribution in [0.1, 0.15) is 41.8 Å². The van der Waals surface area contributed by atoms with Crippen LogP contribution in [0.5, 0.6) is 0 Å². The number of ether oxygens (including phenoxy) is 1. The summed E-state index contributed by atoms with van der Waals surface area (Å²) < 4.78 is 63.5. The number of rotatable bonds is 6. The molecule has 1 saturated carbocycles. The van der Waals surface area contributed by atoms with E-state index in [1.54, 1.807) is 7.05 Å². The Morgan fingerprint density at radius 1 is 1.26 bits per heavy atom. The molecule has 1 aromatic carbocycles. The van der Waals surface area contributed by atoms with Gasteiger partial charge in [0.1, 0.15) is 23.6 Å². The van der Waals surface area contributed by atoms with Crippen LogP contribution < -0.4 is 9.80 Å². The van der Waals surface area contributed by atoms with Crippen LogP contribution in [0, 0.1) is 6.92 Å². The van der Waals surface area contributed by atoms with Crippen LogP contribution >= 0.6 is 0 Å². The minimum atomic E-state index is -5.08. The van der Waals surface area contributed by atoms with E-state index >= 15 is 0 Å². The van der Waals surface area contributed by atoms with E-state index in [-0.39, 0.29) is 12.6 Å². The molecule has 1 aliphatic heterocycles. The van der Waals surface area contributed by atoms with Crippen molar-refractivity contribution >= 4 is 17.6 Å².